The lowest BCUT2D eigenvalue weighted by molar-refractivity contribution is 0.0698. The molecule has 7 nitrogen and oxygen atoms in total. The molecule has 0 saturated carbocycles. The molecule has 0 aliphatic carbocycles. The van der Waals surface area contributed by atoms with Crippen LogP contribution in [0.1, 0.15) is 36.5 Å². The van der Waals surface area contributed by atoms with E-state index >= 15 is 0 Å². The van der Waals surface area contributed by atoms with Crippen LogP contribution in [-0.4, -0.2) is 63.4 Å². The molecule has 0 aromatic heterocycles. The van der Waals surface area contributed by atoms with Crippen molar-refractivity contribution >= 4 is 15.9 Å². The van der Waals surface area contributed by atoms with E-state index in [9.17, 15) is 13.2 Å². The first-order chi connectivity index (χ1) is 15.0. The van der Waals surface area contributed by atoms with Crippen LogP contribution in [0, 0.1) is 0 Å². The molecular weight excluding hydrogens is 416 g/mol. The van der Waals surface area contributed by atoms with Gasteiger partial charge in [-0.3, -0.25) is 4.79 Å². The summed E-state index contributed by atoms with van der Waals surface area (Å²) in [6.07, 6.45) is 3.29. The van der Waals surface area contributed by atoms with E-state index in [0.29, 0.717) is 31.0 Å². The van der Waals surface area contributed by atoms with Crippen LogP contribution in [0.15, 0.2) is 53.4 Å². The Morgan fingerprint density at radius 3 is 2.10 bits per heavy atom. The second kappa shape index (κ2) is 10.6. The summed E-state index contributed by atoms with van der Waals surface area (Å²) >= 11 is 0. The fourth-order valence-corrected chi connectivity index (χ4v) is 4.87. The van der Waals surface area contributed by atoms with E-state index in [1.165, 1.54) is 23.5 Å². The predicted molar refractivity (Wildman–Crippen MR) is 119 cm³/mol. The van der Waals surface area contributed by atoms with Gasteiger partial charge in [0, 0.05) is 31.7 Å². The first kappa shape index (κ1) is 23.1. The summed E-state index contributed by atoms with van der Waals surface area (Å²) in [6.45, 7) is 4.05. The Morgan fingerprint density at radius 1 is 0.903 bits per heavy atom. The largest absolute Gasteiger partial charge is 0.497 e. The summed E-state index contributed by atoms with van der Waals surface area (Å²) in [5.41, 5.74) is 0.576. The standard InChI is InChI=1S/C23H30N2O5S/c1-3-4-5-18-30-21-8-6-19(7-9-21)23(26)24-14-16-25(17-15-24)31(27,28)22-12-10-20(29-2)11-13-22/h6-13H,3-5,14-18H2,1-2H3. The number of carbonyl (C=O) groups is 1. The van der Waals surface area contributed by atoms with Crippen LogP contribution in [0.2, 0.25) is 0 Å². The van der Waals surface area contributed by atoms with E-state index < -0.39 is 10.0 Å². The Morgan fingerprint density at radius 2 is 1.52 bits per heavy atom. The molecule has 0 bridgehead atoms. The fourth-order valence-electron chi connectivity index (χ4n) is 3.45. The molecular formula is C23H30N2O5S. The lowest BCUT2D eigenvalue weighted by Crippen LogP contribution is -2.50. The molecule has 0 N–H and O–H groups in total. The fraction of sp³-hybridized carbons (Fsp3) is 0.435. The van der Waals surface area contributed by atoms with E-state index in [-0.39, 0.29) is 23.9 Å². The third-order valence-electron chi connectivity index (χ3n) is 5.34. The van der Waals surface area contributed by atoms with Crippen molar-refractivity contribution in [2.75, 3.05) is 39.9 Å². The highest BCUT2D eigenvalue weighted by atomic mass is 32.2. The van der Waals surface area contributed by atoms with Crippen molar-refractivity contribution < 1.29 is 22.7 Å². The van der Waals surface area contributed by atoms with Gasteiger partial charge in [-0.15, -0.1) is 0 Å². The molecule has 8 heteroatoms. The Labute approximate surface area is 184 Å². The Hall–Kier alpha value is -2.58. The second-order valence-electron chi connectivity index (χ2n) is 7.45. The minimum Gasteiger partial charge on any atom is -0.497 e. The molecule has 1 fully saturated rings. The summed E-state index contributed by atoms with van der Waals surface area (Å²) in [5.74, 6) is 1.26. The monoisotopic (exact) mass is 446 g/mol. The SMILES string of the molecule is CCCCCOc1ccc(C(=O)N2CCN(S(=O)(=O)c3ccc(OC)cc3)CC2)cc1. The summed E-state index contributed by atoms with van der Waals surface area (Å²) in [7, 11) is -2.06. The highest BCUT2D eigenvalue weighted by Gasteiger charge is 2.30. The topological polar surface area (TPSA) is 76.2 Å². The summed E-state index contributed by atoms with van der Waals surface area (Å²) in [6, 6.07) is 13.5. The highest BCUT2D eigenvalue weighted by Crippen LogP contribution is 2.21. The third kappa shape index (κ3) is 5.77. The van der Waals surface area contributed by atoms with Gasteiger partial charge in [0.25, 0.3) is 5.91 Å². The number of unbranched alkanes of at least 4 members (excludes halogenated alkanes) is 2. The van der Waals surface area contributed by atoms with Crippen LogP contribution < -0.4 is 9.47 Å². The van der Waals surface area contributed by atoms with Crippen molar-refractivity contribution in [3.8, 4) is 11.5 Å². The van der Waals surface area contributed by atoms with Gasteiger partial charge in [-0.1, -0.05) is 19.8 Å². The first-order valence-corrected chi connectivity index (χ1v) is 12.1. The van der Waals surface area contributed by atoms with E-state index in [2.05, 4.69) is 6.92 Å². The van der Waals surface area contributed by atoms with Crippen molar-refractivity contribution in [2.24, 2.45) is 0 Å². The molecule has 3 rings (SSSR count). The molecule has 1 aliphatic heterocycles. The number of ether oxygens (including phenoxy) is 2. The second-order valence-corrected chi connectivity index (χ2v) is 9.39. The van der Waals surface area contributed by atoms with Crippen molar-refractivity contribution in [1.82, 2.24) is 9.21 Å². The zero-order valence-electron chi connectivity index (χ0n) is 18.1. The summed E-state index contributed by atoms with van der Waals surface area (Å²) in [5, 5.41) is 0. The van der Waals surface area contributed by atoms with E-state index in [4.69, 9.17) is 9.47 Å². The zero-order valence-corrected chi connectivity index (χ0v) is 18.9. The van der Waals surface area contributed by atoms with Gasteiger partial charge >= 0.3 is 0 Å². The minimum absolute atomic E-state index is 0.0981. The van der Waals surface area contributed by atoms with Crippen LogP contribution in [0.25, 0.3) is 0 Å². The van der Waals surface area contributed by atoms with Crippen molar-refractivity contribution in [2.45, 2.75) is 31.1 Å². The number of carbonyl (C=O) groups excluding carboxylic acids is 1. The number of sulfonamides is 1. The molecule has 0 spiro atoms. The smallest absolute Gasteiger partial charge is 0.253 e. The Kier molecular flexibility index (Phi) is 7.92. The molecule has 0 unspecified atom stereocenters. The molecule has 0 radical (unpaired) electrons. The molecule has 2 aromatic rings. The van der Waals surface area contributed by atoms with E-state index in [0.717, 1.165) is 25.0 Å². The Balaban J connectivity index is 1.55. The number of amides is 1. The summed E-state index contributed by atoms with van der Waals surface area (Å²) < 4.78 is 37.9. The number of methoxy groups -OCH3 is 1. The van der Waals surface area contributed by atoms with Crippen molar-refractivity contribution in [3.05, 3.63) is 54.1 Å². The number of hydrogen-bond acceptors (Lipinski definition) is 5. The molecule has 1 saturated heterocycles. The van der Waals surface area contributed by atoms with Gasteiger partial charge in [-0.05, 0) is 55.0 Å². The number of benzene rings is 2. The summed E-state index contributed by atoms with van der Waals surface area (Å²) in [4.78, 5) is 14.7. The van der Waals surface area contributed by atoms with Crippen LogP contribution in [-0.2, 0) is 10.0 Å². The van der Waals surface area contributed by atoms with Crippen molar-refractivity contribution in [1.29, 1.82) is 0 Å². The maximum Gasteiger partial charge on any atom is 0.253 e. The molecule has 0 atom stereocenters. The first-order valence-electron chi connectivity index (χ1n) is 10.6. The zero-order chi connectivity index (χ0) is 22.3. The average molecular weight is 447 g/mol. The molecule has 1 heterocycles. The molecule has 1 amide bonds. The number of piperazine rings is 1. The van der Waals surface area contributed by atoms with Crippen LogP contribution in [0.5, 0.6) is 11.5 Å². The number of rotatable bonds is 9. The average Bonchev–Trinajstić information content (AvgIpc) is 2.82. The van der Waals surface area contributed by atoms with Gasteiger partial charge in [0.2, 0.25) is 10.0 Å². The van der Waals surface area contributed by atoms with Gasteiger partial charge in [0.15, 0.2) is 0 Å². The molecule has 1 aliphatic rings. The van der Waals surface area contributed by atoms with Crippen LogP contribution in [0.4, 0.5) is 0 Å². The maximum atomic E-state index is 12.9. The molecule has 31 heavy (non-hydrogen) atoms. The number of nitrogens with zero attached hydrogens (tertiary/aromatic N) is 2. The molecule has 168 valence electrons. The van der Waals surface area contributed by atoms with Gasteiger partial charge in [0.05, 0.1) is 18.6 Å². The lowest BCUT2D eigenvalue weighted by atomic mass is 10.2. The van der Waals surface area contributed by atoms with Crippen molar-refractivity contribution in [3.63, 3.8) is 0 Å². The van der Waals surface area contributed by atoms with Crippen LogP contribution >= 0.6 is 0 Å². The quantitative estimate of drug-likeness (QED) is 0.552. The van der Waals surface area contributed by atoms with E-state index in [1.807, 2.05) is 12.1 Å². The lowest BCUT2D eigenvalue weighted by Gasteiger charge is -2.34. The predicted octanol–water partition coefficient (Wildman–Crippen LogP) is 3.41. The highest BCUT2D eigenvalue weighted by molar-refractivity contribution is 7.89. The van der Waals surface area contributed by atoms with Gasteiger partial charge in [0.1, 0.15) is 11.5 Å². The molecule has 2 aromatic carbocycles. The number of hydrogen-bond donors (Lipinski definition) is 0. The van der Waals surface area contributed by atoms with E-state index in [1.54, 1.807) is 29.2 Å². The minimum atomic E-state index is -3.60. The maximum absolute atomic E-state index is 12.9. The normalized spacial score (nSPS) is 15.0. The third-order valence-corrected chi connectivity index (χ3v) is 7.25. The van der Waals surface area contributed by atoms with Gasteiger partial charge < -0.3 is 14.4 Å². The van der Waals surface area contributed by atoms with Gasteiger partial charge in [-0.2, -0.15) is 4.31 Å². The Bertz CT molecular complexity index is 950. The van der Waals surface area contributed by atoms with Crippen LogP contribution in [0.3, 0.4) is 0 Å². The van der Waals surface area contributed by atoms with Gasteiger partial charge in [-0.25, -0.2) is 8.42 Å².